The predicted molar refractivity (Wildman–Crippen MR) is 99.1 cm³/mol. The number of rotatable bonds is 3. The fraction of sp³-hybridized carbons (Fsp3) is 0.300. The zero-order chi connectivity index (χ0) is 17.1. The number of aromatic nitrogens is 2. The standard InChI is InChI=1S/C20H22N4O/c25-20(23-24-14-21-18-8-4-5-9-19(18)24)22-17-12-10-16(11-13-17)15-6-2-1-3-7-15/h1-9,14,16-17H,10-13H2,(H2,22,23,25). The first kappa shape index (κ1) is 15.7. The van der Waals surface area contributed by atoms with Crippen LogP contribution < -0.4 is 10.7 Å². The maximum absolute atomic E-state index is 12.3. The highest BCUT2D eigenvalue weighted by molar-refractivity contribution is 5.85. The summed E-state index contributed by atoms with van der Waals surface area (Å²) in [6.07, 6.45) is 5.89. The minimum absolute atomic E-state index is 0.175. The number of benzene rings is 2. The second-order valence-electron chi connectivity index (χ2n) is 6.65. The van der Waals surface area contributed by atoms with Crippen LogP contribution in [-0.4, -0.2) is 21.7 Å². The molecule has 4 rings (SSSR count). The number of urea groups is 1. The van der Waals surface area contributed by atoms with Crippen LogP contribution >= 0.6 is 0 Å². The number of hydrogen-bond donors (Lipinski definition) is 2. The fourth-order valence-corrected chi connectivity index (χ4v) is 3.67. The summed E-state index contributed by atoms with van der Waals surface area (Å²) in [6, 6.07) is 18.5. The van der Waals surface area contributed by atoms with Gasteiger partial charge in [-0.2, -0.15) is 0 Å². The zero-order valence-electron chi connectivity index (χ0n) is 14.1. The maximum atomic E-state index is 12.3. The molecule has 0 aliphatic heterocycles. The lowest BCUT2D eigenvalue weighted by Gasteiger charge is -2.29. The Balaban J connectivity index is 1.32. The van der Waals surface area contributed by atoms with Crippen molar-refractivity contribution >= 4 is 17.1 Å². The molecule has 3 aromatic rings. The number of nitrogens with zero attached hydrogens (tertiary/aromatic N) is 2. The van der Waals surface area contributed by atoms with Crippen LogP contribution in [0.4, 0.5) is 4.79 Å². The van der Waals surface area contributed by atoms with Gasteiger partial charge in [0.15, 0.2) is 0 Å². The molecule has 25 heavy (non-hydrogen) atoms. The molecule has 2 N–H and O–H groups in total. The minimum atomic E-state index is -0.175. The lowest BCUT2D eigenvalue weighted by molar-refractivity contribution is 0.240. The summed E-state index contributed by atoms with van der Waals surface area (Å²) < 4.78 is 1.67. The van der Waals surface area contributed by atoms with Gasteiger partial charge >= 0.3 is 6.03 Å². The Morgan fingerprint density at radius 3 is 2.48 bits per heavy atom. The van der Waals surface area contributed by atoms with Crippen molar-refractivity contribution in [3.8, 4) is 0 Å². The Hall–Kier alpha value is -2.82. The van der Waals surface area contributed by atoms with Gasteiger partial charge in [-0.25, -0.2) is 19.9 Å². The molecule has 1 aliphatic carbocycles. The third-order valence-electron chi connectivity index (χ3n) is 5.01. The normalized spacial score (nSPS) is 20.3. The molecule has 2 aromatic carbocycles. The highest BCUT2D eigenvalue weighted by atomic mass is 16.2. The van der Waals surface area contributed by atoms with Gasteiger partial charge in [-0.15, -0.1) is 0 Å². The molecule has 5 heteroatoms. The molecule has 5 nitrogen and oxygen atoms in total. The van der Waals surface area contributed by atoms with Gasteiger partial charge < -0.3 is 5.32 Å². The summed E-state index contributed by atoms with van der Waals surface area (Å²) in [5.74, 6) is 0.611. The molecule has 1 heterocycles. The van der Waals surface area contributed by atoms with E-state index in [-0.39, 0.29) is 12.1 Å². The van der Waals surface area contributed by atoms with Crippen molar-refractivity contribution in [1.82, 2.24) is 15.0 Å². The first-order valence-corrected chi connectivity index (χ1v) is 8.84. The molecule has 2 amide bonds. The van der Waals surface area contributed by atoms with Crippen LogP contribution in [0.5, 0.6) is 0 Å². The van der Waals surface area contributed by atoms with Crippen molar-refractivity contribution in [2.45, 2.75) is 37.6 Å². The monoisotopic (exact) mass is 334 g/mol. The predicted octanol–water partition coefficient (Wildman–Crippen LogP) is 4.02. The topological polar surface area (TPSA) is 59.0 Å². The zero-order valence-corrected chi connectivity index (χ0v) is 14.1. The number of carbonyl (C=O) groups is 1. The molecule has 0 spiro atoms. The molecule has 1 aromatic heterocycles. The van der Waals surface area contributed by atoms with Gasteiger partial charge in [0.2, 0.25) is 0 Å². The molecule has 1 fully saturated rings. The van der Waals surface area contributed by atoms with Crippen LogP contribution in [0.25, 0.3) is 11.0 Å². The summed E-state index contributed by atoms with van der Waals surface area (Å²) in [4.78, 5) is 16.6. The van der Waals surface area contributed by atoms with E-state index >= 15 is 0 Å². The van der Waals surface area contributed by atoms with E-state index in [4.69, 9.17) is 0 Å². The summed E-state index contributed by atoms with van der Waals surface area (Å²) in [6.45, 7) is 0. The maximum Gasteiger partial charge on any atom is 0.334 e. The Labute approximate surface area is 147 Å². The van der Waals surface area contributed by atoms with Crippen molar-refractivity contribution in [2.24, 2.45) is 0 Å². The Bertz CT molecular complexity index is 850. The van der Waals surface area contributed by atoms with Gasteiger partial charge in [0, 0.05) is 6.04 Å². The van der Waals surface area contributed by atoms with Crippen LogP contribution in [0.1, 0.15) is 37.2 Å². The average molecular weight is 334 g/mol. The van der Waals surface area contributed by atoms with Crippen molar-refractivity contribution in [2.75, 3.05) is 5.43 Å². The van der Waals surface area contributed by atoms with E-state index in [1.807, 2.05) is 24.3 Å². The minimum Gasteiger partial charge on any atom is -0.334 e. The molecule has 1 saturated carbocycles. The van der Waals surface area contributed by atoms with Crippen molar-refractivity contribution in [1.29, 1.82) is 0 Å². The summed E-state index contributed by atoms with van der Waals surface area (Å²) >= 11 is 0. The van der Waals surface area contributed by atoms with E-state index in [2.05, 4.69) is 46.1 Å². The second-order valence-corrected chi connectivity index (χ2v) is 6.65. The van der Waals surface area contributed by atoms with Crippen LogP contribution in [0, 0.1) is 0 Å². The number of para-hydroxylation sites is 2. The van der Waals surface area contributed by atoms with E-state index in [9.17, 15) is 4.79 Å². The lowest BCUT2D eigenvalue weighted by atomic mass is 9.82. The number of imidazole rings is 1. The highest BCUT2D eigenvalue weighted by Gasteiger charge is 2.23. The van der Waals surface area contributed by atoms with E-state index < -0.39 is 0 Å². The molecule has 0 bridgehead atoms. The van der Waals surface area contributed by atoms with Gasteiger partial charge in [0.1, 0.15) is 6.33 Å². The molecule has 0 atom stereocenters. The van der Waals surface area contributed by atoms with Crippen LogP contribution in [-0.2, 0) is 0 Å². The van der Waals surface area contributed by atoms with Gasteiger partial charge in [0.25, 0.3) is 0 Å². The third kappa shape index (κ3) is 3.50. The second kappa shape index (κ2) is 6.97. The Kier molecular flexibility index (Phi) is 4.37. The van der Waals surface area contributed by atoms with Gasteiger partial charge in [-0.05, 0) is 49.3 Å². The Morgan fingerprint density at radius 1 is 0.960 bits per heavy atom. The number of fused-ring (bicyclic) bond motifs is 1. The smallest absolute Gasteiger partial charge is 0.334 e. The van der Waals surface area contributed by atoms with Crippen molar-refractivity contribution < 1.29 is 4.79 Å². The van der Waals surface area contributed by atoms with Crippen molar-refractivity contribution in [3.63, 3.8) is 0 Å². The molecule has 0 radical (unpaired) electrons. The number of amides is 2. The third-order valence-corrected chi connectivity index (χ3v) is 5.01. The Morgan fingerprint density at radius 2 is 1.68 bits per heavy atom. The average Bonchev–Trinajstić information content (AvgIpc) is 3.06. The summed E-state index contributed by atoms with van der Waals surface area (Å²) in [5, 5.41) is 3.10. The number of carbonyl (C=O) groups excluding carboxylic acids is 1. The van der Waals surface area contributed by atoms with Crippen LogP contribution in [0.3, 0.4) is 0 Å². The van der Waals surface area contributed by atoms with Crippen LogP contribution in [0.2, 0.25) is 0 Å². The van der Waals surface area contributed by atoms with E-state index in [1.54, 1.807) is 11.0 Å². The van der Waals surface area contributed by atoms with E-state index in [1.165, 1.54) is 5.56 Å². The molecule has 1 aliphatic rings. The lowest BCUT2D eigenvalue weighted by Crippen LogP contribution is -2.42. The number of nitrogens with one attached hydrogen (secondary N) is 2. The molecular formula is C20H22N4O. The van der Waals surface area contributed by atoms with Gasteiger partial charge in [-0.3, -0.25) is 0 Å². The van der Waals surface area contributed by atoms with Crippen LogP contribution in [0.15, 0.2) is 60.9 Å². The largest absolute Gasteiger partial charge is 0.334 e. The first-order valence-electron chi connectivity index (χ1n) is 8.84. The first-order chi connectivity index (χ1) is 12.3. The SMILES string of the molecule is O=C(NC1CCC(c2ccccc2)CC1)Nn1cnc2ccccc21. The molecular weight excluding hydrogens is 312 g/mol. The quantitative estimate of drug-likeness (QED) is 0.760. The van der Waals surface area contributed by atoms with Gasteiger partial charge in [-0.1, -0.05) is 42.5 Å². The van der Waals surface area contributed by atoms with E-state index in [0.717, 1.165) is 36.7 Å². The summed E-state index contributed by atoms with van der Waals surface area (Å²) in [5.41, 5.74) is 6.03. The summed E-state index contributed by atoms with van der Waals surface area (Å²) in [7, 11) is 0. The molecule has 128 valence electrons. The fourth-order valence-electron chi connectivity index (χ4n) is 3.67. The van der Waals surface area contributed by atoms with Gasteiger partial charge in [0.05, 0.1) is 11.0 Å². The van der Waals surface area contributed by atoms with Crippen molar-refractivity contribution in [3.05, 3.63) is 66.5 Å². The molecule has 0 saturated heterocycles. The highest BCUT2D eigenvalue weighted by Crippen LogP contribution is 2.32. The number of hydrogen-bond acceptors (Lipinski definition) is 2. The molecule has 0 unspecified atom stereocenters. The van der Waals surface area contributed by atoms with E-state index in [0.29, 0.717) is 5.92 Å².